The molecule has 0 aliphatic rings. The molecule has 0 saturated carbocycles. The molecular formula is C24H22O4S. The van der Waals surface area contributed by atoms with Crippen LogP contribution in [-0.4, -0.2) is 13.5 Å². The Morgan fingerprint density at radius 1 is 0.862 bits per heavy atom. The topological polar surface area (TPSA) is 67.5 Å². The maximum absolute atomic E-state index is 13.6. The SMILES string of the molecule is CC(C)(C)c1cccc(-c2oc3ccccc3c2S(=O)(=O)c2ccc(O)cc2)c1. The van der Waals surface area contributed by atoms with Gasteiger partial charge in [-0.1, -0.05) is 51.1 Å². The van der Waals surface area contributed by atoms with Gasteiger partial charge in [0.2, 0.25) is 9.84 Å². The number of furan rings is 1. The summed E-state index contributed by atoms with van der Waals surface area (Å²) >= 11 is 0. The van der Waals surface area contributed by atoms with E-state index in [-0.39, 0.29) is 21.0 Å². The first kappa shape index (κ1) is 19.3. The van der Waals surface area contributed by atoms with E-state index in [9.17, 15) is 13.5 Å². The first-order chi connectivity index (χ1) is 13.7. The maximum atomic E-state index is 13.6. The first-order valence-corrected chi connectivity index (χ1v) is 10.8. The van der Waals surface area contributed by atoms with Crippen LogP contribution in [0.4, 0.5) is 0 Å². The summed E-state index contributed by atoms with van der Waals surface area (Å²) in [4.78, 5) is 0.250. The molecule has 3 aromatic carbocycles. The molecule has 0 bridgehead atoms. The molecule has 0 aliphatic carbocycles. The normalized spacial score (nSPS) is 12.4. The van der Waals surface area contributed by atoms with Gasteiger partial charge in [0, 0.05) is 10.9 Å². The highest BCUT2D eigenvalue weighted by molar-refractivity contribution is 7.91. The fraction of sp³-hybridized carbons (Fsp3) is 0.167. The Labute approximate surface area is 170 Å². The summed E-state index contributed by atoms with van der Waals surface area (Å²) in [6.07, 6.45) is 0. The molecule has 29 heavy (non-hydrogen) atoms. The van der Waals surface area contributed by atoms with Crippen molar-refractivity contribution in [2.24, 2.45) is 0 Å². The summed E-state index contributed by atoms with van der Waals surface area (Å²) in [5.41, 5.74) is 2.23. The van der Waals surface area contributed by atoms with Gasteiger partial charge in [-0.15, -0.1) is 0 Å². The second-order valence-corrected chi connectivity index (χ2v) is 9.97. The van der Waals surface area contributed by atoms with Gasteiger partial charge in [0.05, 0.1) is 4.90 Å². The van der Waals surface area contributed by atoms with E-state index < -0.39 is 9.84 Å². The van der Waals surface area contributed by atoms with Crippen LogP contribution in [0.15, 0.2) is 87.0 Å². The van der Waals surface area contributed by atoms with E-state index in [1.807, 2.05) is 30.3 Å². The van der Waals surface area contributed by atoms with Crippen LogP contribution in [0.3, 0.4) is 0 Å². The number of para-hydroxylation sites is 1. The van der Waals surface area contributed by atoms with Gasteiger partial charge in [0.15, 0.2) is 5.76 Å². The predicted octanol–water partition coefficient (Wildman–Crippen LogP) is 5.94. The summed E-state index contributed by atoms with van der Waals surface area (Å²) < 4.78 is 33.2. The van der Waals surface area contributed by atoms with Crippen molar-refractivity contribution in [1.29, 1.82) is 0 Å². The van der Waals surface area contributed by atoms with Gasteiger partial charge in [0.1, 0.15) is 16.2 Å². The highest BCUT2D eigenvalue weighted by Crippen LogP contribution is 2.40. The van der Waals surface area contributed by atoms with Crippen molar-refractivity contribution in [2.45, 2.75) is 36.0 Å². The predicted molar refractivity (Wildman–Crippen MR) is 114 cm³/mol. The number of phenols is 1. The van der Waals surface area contributed by atoms with Gasteiger partial charge in [-0.05, 0) is 53.4 Å². The minimum atomic E-state index is -3.87. The van der Waals surface area contributed by atoms with E-state index in [4.69, 9.17) is 4.42 Å². The van der Waals surface area contributed by atoms with Gasteiger partial charge in [-0.2, -0.15) is 0 Å². The smallest absolute Gasteiger partial charge is 0.211 e. The number of benzene rings is 3. The molecule has 0 fully saturated rings. The third kappa shape index (κ3) is 3.42. The molecule has 5 heteroatoms. The first-order valence-electron chi connectivity index (χ1n) is 9.34. The van der Waals surface area contributed by atoms with Crippen LogP contribution < -0.4 is 0 Å². The zero-order valence-corrected chi connectivity index (χ0v) is 17.3. The Hall–Kier alpha value is -3.05. The molecule has 0 radical (unpaired) electrons. The second-order valence-electron chi connectivity index (χ2n) is 8.08. The molecule has 4 nitrogen and oxygen atoms in total. The number of hydrogen-bond acceptors (Lipinski definition) is 4. The molecule has 1 aromatic heterocycles. The molecule has 0 unspecified atom stereocenters. The number of fused-ring (bicyclic) bond motifs is 1. The average Bonchev–Trinajstić information content (AvgIpc) is 3.08. The molecule has 1 N–H and O–H groups in total. The number of hydrogen-bond donors (Lipinski definition) is 1. The van der Waals surface area contributed by atoms with Crippen LogP contribution in [0.5, 0.6) is 5.75 Å². The van der Waals surface area contributed by atoms with Crippen LogP contribution in [0.25, 0.3) is 22.3 Å². The maximum Gasteiger partial charge on any atom is 0.211 e. The van der Waals surface area contributed by atoms with Gasteiger partial charge in [0.25, 0.3) is 0 Å². The molecular weight excluding hydrogens is 384 g/mol. The van der Waals surface area contributed by atoms with E-state index in [1.165, 1.54) is 24.3 Å². The fourth-order valence-electron chi connectivity index (χ4n) is 3.35. The van der Waals surface area contributed by atoms with Crippen LogP contribution in [-0.2, 0) is 15.3 Å². The highest BCUT2D eigenvalue weighted by atomic mass is 32.2. The number of aromatic hydroxyl groups is 1. The van der Waals surface area contributed by atoms with E-state index in [0.717, 1.165) is 5.56 Å². The summed E-state index contributed by atoms with van der Waals surface area (Å²) in [5, 5.41) is 10.1. The molecule has 0 aliphatic heterocycles. The molecule has 0 spiro atoms. The number of sulfone groups is 1. The van der Waals surface area contributed by atoms with Crippen LogP contribution in [0, 0.1) is 0 Å². The van der Waals surface area contributed by atoms with E-state index in [0.29, 0.717) is 22.3 Å². The Kier molecular flexibility index (Phi) is 4.50. The van der Waals surface area contributed by atoms with Gasteiger partial charge in [-0.3, -0.25) is 0 Å². The average molecular weight is 407 g/mol. The van der Waals surface area contributed by atoms with Gasteiger partial charge < -0.3 is 9.52 Å². The van der Waals surface area contributed by atoms with Gasteiger partial charge in [-0.25, -0.2) is 8.42 Å². The minimum absolute atomic E-state index is 0.0131. The van der Waals surface area contributed by atoms with Gasteiger partial charge >= 0.3 is 0 Å². The standard InChI is InChI=1S/C24H22O4S/c1-24(2,3)17-8-6-7-16(15-17)22-23(20-9-4-5-10-21(20)28-22)29(26,27)19-13-11-18(25)12-14-19/h4-15,25H,1-3H3. The van der Waals surface area contributed by atoms with Crippen molar-refractivity contribution in [2.75, 3.05) is 0 Å². The van der Waals surface area contributed by atoms with Crippen molar-refractivity contribution in [3.8, 4) is 17.1 Å². The Balaban J connectivity index is 2.01. The Morgan fingerprint density at radius 2 is 1.55 bits per heavy atom. The quantitative estimate of drug-likeness (QED) is 0.457. The molecule has 0 amide bonds. The van der Waals surface area contributed by atoms with Crippen molar-refractivity contribution in [1.82, 2.24) is 0 Å². The lowest BCUT2D eigenvalue weighted by Crippen LogP contribution is -2.10. The summed E-state index contributed by atoms with van der Waals surface area (Å²) in [6.45, 7) is 6.33. The third-order valence-corrected chi connectivity index (χ3v) is 6.79. The minimum Gasteiger partial charge on any atom is -0.508 e. The number of phenolic OH excluding ortho intramolecular Hbond substituents is 1. The van der Waals surface area contributed by atoms with Crippen molar-refractivity contribution >= 4 is 20.8 Å². The monoisotopic (exact) mass is 406 g/mol. The van der Waals surface area contributed by atoms with Crippen molar-refractivity contribution < 1.29 is 17.9 Å². The lowest BCUT2D eigenvalue weighted by Gasteiger charge is -2.19. The summed E-state index contributed by atoms with van der Waals surface area (Å²) in [7, 11) is -3.87. The zero-order chi connectivity index (χ0) is 20.8. The molecule has 148 valence electrons. The van der Waals surface area contributed by atoms with E-state index in [1.54, 1.807) is 18.2 Å². The molecule has 0 atom stereocenters. The fourth-order valence-corrected chi connectivity index (χ4v) is 4.94. The summed E-state index contributed by atoms with van der Waals surface area (Å²) in [5.74, 6) is 0.337. The second kappa shape index (κ2) is 6.78. The highest BCUT2D eigenvalue weighted by Gasteiger charge is 2.29. The Morgan fingerprint density at radius 3 is 2.24 bits per heavy atom. The lowest BCUT2D eigenvalue weighted by molar-refractivity contribution is 0.475. The van der Waals surface area contributed by atoms with Crippen LogP contribution >= 0.6 is 0 Å². The lowest BCUT2D eigenvalue weighted by atomic mass is 9.86. The van der Waals surface area contributed by atoms with Crippen LogP contribution in [0.2, 0.25) is 0 Å². The Bertz CT molecular complexity index is 1290. The molecule has 0 saturated heterocycles. The molecule has 1 heterocycles. The number of rotatable bonds is 3. The molecule has 4 aromatic rings. The largest absolute Gasteiger partial charge is 0.508 e. The molecule has 4 rings (SSSR count). The third-order valence-electron chi connectivity index (χ3n) is 4.96. The van der Waals surface area contributed by atoms with Crippen molar-refractivity contribution in [3.05, 3.63) is 78.4 Å². The summed E-state index contributed by atoms with van der Waals surface area (Å²) in [6, 6.07) is 20.5. The van der Waals surface area contributed by atoms with E-state index in [2.05, 4.69) is 20.8 Å². The van der Waals surface area contributed by atoms with Crippen LogP contribution in [0.1, 0.15) is 26.3 Å². The van der Waals surface area contributed by atoms with Crippen molar-refractivity contribution in [3.63, 3.8) is 0 Å². The zero-order valence-electron chi connectivity index (χ0n) is 16.5. The van der Waals surface area contributed by atoms with E-state index >= 15 is 0 Å².